The molecule has 1 heterocycles. The fraction of sp³-hybridized carbons (Fsp3) is 0.500. The highest BCUT2D eigenvalue weighted by Gasteiger charge is 2.20. The average Bonchev–Trinajstić information content (AvgIpc) is 3.07. The second-order valence-corrected chi connectivity index (χ2v) is 5.53. The number of benzene rings is 1. The summed E-state index contributed by atoms with van der Waals surface area (Å²) in [6, 6.07) is 6.70. The Labute approximate surface area is 135 Å². The molecule has 1 aromatic carbocycles. The van der Waals surface area contributed by atoms with Gasteiger partial charge in [0.15, 0.2) is 5.82 Å². The quantitative estimate of drug-likeness (QED) is 0.807. The van der Waals surface area contributed by atoms with E-state index in [9.17, 15) is 9.18 Å². The first kappa shape index (κ1) is 17.1. The van der Waals surface area contributed by atoms with Gasteiger partial charge in [-0.2, -0.15) is 5.21 Å². The van der Waals surface area contributed by atoms with Crippen LogP contribution in [0.3, 0.4) is 0 Å². The van der Waals surface area contributed by atoms with Crippen molar-refractivity contribution in [2.75, 3.05) is 13.1 Å². The first-order valence-corrected chi connectivity index (χ1v) is 7.86. The van der Waals surface area contributed by atoms with Crippen LogP contribution in [0.15, 0.2) is 24.3 Å². The highest BCUT2D eigenvalue weighted by molar-refractivity contribution is 5.78. The highest BCUT2D eigenvalue weighted by Crippen LogP contribution is 2.15. The molecule has 0 saturated carbocycles. The molecule has 23 heavy (non-hydrogen) atoms. The lowest BCUT2D eigenvalue weighted by molar-refractivity contribution is -0.135. The lowest BCUT2D eigenvalue weighted by atomic mass is 9.99. The lowest BCUT2D eigenvalue weighted by Crippen LogP contribution is -2.36. The Balaban J connectivity index is 1.85. The maximum absolute atomic E-state index is 13.6. The molecule has 7 heteroatoms. The molecule has 1 amide bonds. The van der Waals surface area contributed by atoms with Crippen LogP contribution >= 0.6 is 0 Å². The minimum absolute atomic E-state index is 0.0762. The van der Waals surface area contributed by atoms with E-state index >= 15 is 0 Å². The molecule has 0 spiro atoms. The van der Waals surface area contributed by atoms with Crippen LogP contribution in [0.1, 0.15) is 31.7 Å². The summed E-state index contributed by atoms with van der Waals surface area (Å²) in [5.41, 5.74) is 0.655. The number of aryl methyl sites for hydroxylation is 1. The molecule has 0 aliphatic heterocycles. The molecule has 1 unspecified atom stereocenters. The van der Waals surface area contributed by atoms with Gasteiger partial charge in [0.1, 0.15) is 5.82 Å². The van der Waals surface area contributed by atoms with E-state index in [0.29, 0.717) is 43.7 Å². The molecule has 0 radical (unpaired) electrons. The number of halogens is 1. The van der Waals surface area contributed by atoms with E-state index in [2.05, 4.69) is 20.6 Å². The van der Waals surface area contributed by atoms with Crippen LogP contribution in [0.25, 0.3) is 0 Å². The van der Waals surface area contributed by atoms with Gasteiger partial charge in [0.05, 0.1) is 0 Å². The molecule has 0 fully saturated rings. The van der Waals surface area contributed by atoms with Gasteiger partial charge < -0.3 is 4.90 Å². The largest absolute Gasteiger partial charge is 0.342 e. The van der Waals surface area contributed by atoms with Crippen LogP contribution in [0.5, 0.6) is 0 Å². The molecular formula is C16H22FN5O. The number of carbonyl (C=O) groups is 1. The van der Waals surface area contributed by atoms with Gasteiger partial charge in [-0.05, 0) is 31.4 Å². The zero-order valence-corrected chi connectivity index (χ0v) is 13.5. The maximum Gasteiger partial charge on any atom is 0.225 e. The number of aromatic amines is 1. The monoisotopic (exact) mass is 319 g/mol. The van der Waals surface area contributed by atoms with Gasteiger partial charge in [-0.1, -0.05) is 30.3 Å². The number of tetrazole rings is 1. The lowest BCUT2D eigenvalue weighted by Gasteiger charge is -2.24. The van der Waals surface area contributed by atoms with Crippen LogP contribution in [0, 0.1) is 11.7 Å². The number of aromatic nitrogens is 4. The summed E-state index contributed by atoms with van der Waals surface area (Å²) in [7, 11) is 0. The smallest absolute Gasteiger partial charge is 0.225 e. The van der Waals surface area contributed by atoms with Crippen molar-refractivity contribution < 1.29 is 9.18 Å². The number of rotatable bonds is 8. The molecule has 0 bridgehead atoms. The Morgan fingerprint density at radius 2 is 2.13 bits per heavy atom. The van der Waals surface area contributed by atoms with Gasteiger partial charge in [0.25, 0.3) is 0 Å². The molecule has 1 aromatic heterocycles. The zero-order chi connectivity index (χ0) is 16.7. The number of nitrogens with one attached hydrogen (secondary N) is 1. The fourth-order valence-corrected chi connectivity index (χ4v) is 2.46. The number of hydrogen-bond donors (Lipinski definition) is 1. The number of nitrogens with zero attached hydrogens (tertiary/aromatic N) is 4. The maximum atomic E-state index is 13.6. The van der Waals surface area contributed by atoms with Crippen molar-refractivity contribution >= 4 is 5.91 Å². The second kappa shape index (κ2) is 8.36. The second-order valence-electron chi connectivity index (χ2n) is 5.53. The van der Waals surface area contributed by atoms with Gasteiger partial charge in [0, 0.05) is 25.4 Å². The van der Waals surface area contributed by atoms with E-state index in [4.69, 9.17) is 0 Å². The van der Waals surface area contributed by atoms with E-state index < -0.39 is 0 Å². The van der Waals surface area contributed by atoms with E-state index in [0.717, 1.165) is 0 Å². The summed E-state index contributed by atoms with van der Waals surface area (Å²) in [6.45, 7) is 5.01. The summed E-state index contributed by atoms with van der Waals surface area (Å²) in [5, 5.41) is 13.7. The van der Waals surface area contributed by atoms with Gasteiger partial charge in [-0.15, -0.1) is 10.2 Å². The molecule has 0 aliphatic carbocycles. The average molecular weight is 319 g/mol. The summed E-state index contributed by atoms with van der Waals surface area (Å²) in [5.74, 6) is 0.305. The van der Waals surface area contributed by atoms with Crippen molar-refractivity contribution in [3.05, 3.63) is 41.5 Å². The third-order valence-electron chi connectivity index (χ3n) is 3.91. The van der Waals surface area contributed by atoms with Gasteiger partial charge in [0.2, 0.25) is 5.91 Å². The Bertz CT molecular complexity index is 617. The SMILES string of the molecule is CCN(CCc1nn[nH]n1)C(=O)C(C)CCc1ccccc1F. The van der Waals surface area contributed by atoms with Crippen LogP contribution in [-0.4, -0.2) is 44.5 Å². The first-order valence-electron chi connectivity index (χ1n) is 7.86. The number of carbonyl (C=O) groups excluding carboxylic acids is 1. The summed E-state index contributed by atoms with van der Waals surface area (Å²) >= 11 is 0. The van der Waals surface area contributed by atoms with Crippen LogP contribution < -0.4 is 0 Å². The molecule has 0 saturated heterocycles. The molecule has 0 aliphatic rings. The van der Waals surface area contributed by atoms with Crippen molar-refractivity contribution in [3.63, 3.8) is 0 Å². The summed E-state index contributed by atoms with van der Waals surface area (Å²) in [6.07, 6.45) is 1.75. The Morgan fingerprint density at radius 1 is 1.35 bits per heavy atom. The minimum atomic E-state index is -0.211. The van der Waals surface area contributed by atoms with Crippen molar-refractivity contribution in [3.8, 4) is 0 Å². The van der Waals surface area contributed by atoms with Crippen molar-refractivity contribution in [1.29, 1.82) is 0 Å². The van der Waals surface area contributed by atoms with E-state index in [-0.39, 0.29) is 17.6 Å². The third kappa shape index (κ3) is 4.84. The van der Waals surface area contributed by atoms with Gasteiger partial charge in [-0.3, -0.25) is 4.79 Å². The zero-order valence-electron chi connectivity index (χ0n) is 13.5. The number of amides is 1. The Morgan fingerprint density at radius 3 is 2.78 bits per heavy atom. The van der Waals surface area contributed by atoms with Crippen LogP contribution in [0.2, 0.25) is 0 Å². The molecular weight excluding hydrogens is 297 g/mol. The molecule has 6 nitrogen and oxygen atoms in total. The minimum Gasteiger partial charge on any atom is -0.342 e. The van der Waals surface area contributed by atoms with E-state index in [1.165, 1.54) is 6.07 Å². The van der Waals surface area contributed by atoms with Gasteiger partial charge >= 0.3 is 0 Å². The van der Waals surface area contributed by atoms with Crippen LogP contribution in [-0.2, 0) is 17.6 Å². The summed E-state index contributed by atoms with van der Waals surface area (Å²) < 4.78 is 13.6. The molecule has 2 aromatic rings. The molecule has 2 rings (SSSR count). The summed E-state index contributed by atoms with van der Waals surface area (Å²) in [4.78, 5) is 14.3. The first-order chi connectivity index (χ1) is 11.1. The number of hydrogen-bond acceptors (Lipinski definition) is 4. The number of likely N-dealkylation sites (N-methyl/N-ethyl adjacent to an activating group) is 1. The molecule has 1 atom stereocenters. The third-order valence-corrected chi connectivity index (χ3v) is 3.91. The van der Waals surface area contributed by atoms with Crippen molar-refractivity contribution in [2.45, 2.75) is 33.1 Å². The Hall–Kier alpha value is -2.31. The number of H-pyrrole nitrogens is 1. The predicted molar refractivity (Wildman–Crippen MR) is 84.0 cm³/mol. The van der Waals surface area contributed by atoms with E-state index in [1.54, 1.807) is 17.0 Å². The van der Waals surface area contributed by atoms with Crippen molar-refractivity contribution in [1.82, 2.24) is 25.5 Å². The van der Waals surface area contributed by atoms with Crippen LogP contribution in [0.4, 0.5) is 4.39 Å². The predicted octanol–water partition coefficient (Wildman–Crippen LogP) is 2.00. The molecule has 124 valence electrons. The normalized spacial score (nSPS) is 12.1. The van der Waals surface area contributed by atoms with Crippen molar-refractivity contribution in [2.24, 2.45) is 5.92 Å². The topological polar surface area (TPSA) is 74.8 Å². The fourth-order valence-electron chi connectivity index (χ4n) is 2.46. The highest BCUT2D eigenvalue weighted by atomic mass is 19.1. The Kier molecular flexibility index (Phi) is 6.19. The van der Waals surface area contributed by atoms with Gasteiger partial charge in [-0.25, -0.2) is 4.39 Å². The van der Waals surface area contributed by atoms with E-state index in [1.807, 2.05) is 19.9 Å². The standard InChI is InChI=1S/C16H22FN5O/c1-3-22(11-10-15-18-20-21-19-15)16(23)12(2)8-9-13-6-4-5-7-14(13)17/h4-7,12H,3,8-11H2,1-2H3,(H,18,19,20,21). The molecule has 1 N–H and O–H groups in total.